The number of carbonyl (C=O) groups excluding carboxylic acids is 2. The van der Waals surface area contributed by atoms with Crippen molar-refractivity contribution >= 4 is 57.4 Å². The molecule has 1 N–H and O–H groups in total. The van der Waals surface area contributed by atoms with Crippen molar-refractivity contribution in [2.75, 3.05) is 16.5 Å². The minimum atomic E-state index is -1.14. The molecule has 0 spiro atoms. The molecule has 5 nitrogen and oxygen atoms in total. The average Bonchev–Trinajstić information content (AvgIpc) is 3.11. The number of carbonyl (C=O) groups is 2. The summed E-state index contributed by atoms with van der Waals surface area (Å²) >= 11 is 7.47. The number of nitrogens with one attached hydrogen (secondary N) is 1. The van der Waals surface area contributed by atoms with Crippen molar-refractivity contribution in [2.24, 2.45) is 0 Å². The zero-order chi connectivity index (χ0) is 18.5. The number of anilines is 2. The van der Waals surface area contributed by atoms with Crippen LogP contribution in [-0.4, -0.2) is 27.1 Å². The van der Waals surface area contributed by atoms with Crippen LogP contribution in [0.15, 0.2) is 52.3 Å². The molecule has 2 unspecified atom stereocenters. The smallest absolute Gasteiger partial charge is 0.261 e. The van der Waals surface area contributed by atoms with Crippen molar-refractivity contribution in [3.05, 3.63) is 47.5 Å². The minimum Gasteiger partial charge on any atom is -0.323 e. The second-order valence-electron chi connectivity index (χ2n) is 6.16. The molecular formula is C18H15ClN2O3S2. The molecule has 0 saturated carbocycles. The number of thioether (sulfide) groups is 1. The van der Waals surface area contributed by atoms with Crippen LogP contribution < -0.4 is 10.2 Å². The maximum Gasteiger partial charge on any atom is 0.261 e. The summed E-state index contributed by atoms with van der Waals surface area (Å²) < 4.78 is 11.7. The van der Waals surface area contributed by atoms with E-state index in [1.165, 1.54) is 11.8 Å². The molecule has 0 aliphatic carbocycles. The van der Waals surface area contributed by atoms with Gasteiger partial charge in [0.2, 0.25) is 5.91 Å². The van der Waals surface area contributed by atoms with Gasteiger partial charge >= 0.3 is 0 Å². The van der Waals surface area contributed by atoms with Gasteiger partial charge in [0, 0.05) is 44.0 Å². The van der Waals surface area contributed by atoms with Gasteiger partial charge in [0.15, 0.2) is 4.87 Å². The number of hydrogen-bond donors (Lipinski definition) is 1. The number of hydrogen-bond acceptors (Lipinski definition) is 4. The topological polar surface area (TPSA) is 66.5 Å². The Morgan fingerprint density at radius 2 is 2.12 bits per heavy atom. The van der Waals surface area contributed by atoms with E-state index >= 15 is 0 Å². The van der Waals surface area contributed by atoms with Gasteiger partial charge in [-0.15, -0.1) is 0 Å². The summed E-state index contributed by atoms with van der Waals surface area (Å²) in [6, 6.07) is 12.2. The first-order chi connectivity index (χ1) is 12.4. The lowest BCUT2D eigenvalue weighted by molar-refractivity contribution is -0.121. The number of nitrogens with zero attached hydrogens (tertiary/aromatic N) is 1. The predicted octanol–water partition coefficient (Wildman–Crippen LogP) is 3.64. The Morgan fingerprint density at radius 3 is 2.88 bits per heavy atom. The summed E-state index contributed by atoms with van der Waals surface area (Å²) in [6.07, 6.45) is 2.32. The Kier molecular flexibility index (Phi) is 4.33. The molecule has 134 valence electrons. The predicted molar refractivity (Wildman–Crippen MR) is 104 cm³/mol. The molecule has 2 aromatic carbocycles. The van der Waals surface area contributed by atoms with E-state index in [2.05, 4.69) is 5.32 Å². The van der Waals surface area contributed by atoms with Gasteiger partial charge in [0.05, 0.1) is 5.69 Å². The van der Waals surface area contributed by atoms with Crippen LogP contribution in [0, 0.1) is 0 Å². The highest BCUT2D eigenvalue weighted by Crippen LogP contribution is 2.56. The third-order valence-electron chi connectivity index (χ3n) is 4.51. The molecule has 2 aromatic rings. The molecule has 1 saturated heterocycles. The Labute approximate surface area is 162 Å². The highest BCUT2D eigenvalue weighted by atomic mass is 35.5. The van der Waals surface area contributed by atoms with Crippen LogP contribution in [0.5, 0.6) is 0 Å². The molecule has 4 rings (SSSR count). The third kappa shape index (κ3) is 2.74. The van der Waals surface area contributed by atoms with Crippen LogP contribution in [0.1, 0.15) is 12.8 Å². The van der Waals surface area contributed by atoms with Crippen molar-refractivity contribution in [2.45, 2.75) is 27.5 Å². The molecule has 2 atom stereocenters. The molecule has 26 heavy (non-hydrogen) atoms. The van der Waals surface area contributed by atoms with E-state index in [0.717, 1.165) is 4.90 Å². The first kappa shape index (κ1) is 17.6. The highest BCUT2D eigenvalue weighted by Gasteiger charge is 2.57. The van der Waals surface area contributed by atoms with Crippen LogP contribution in [-0.2, 0) is 20.4 Å². The largest absolute Gasteiger partial charge is 0.323 e. The van der Waals surface area contributed by atoms with Gasteiger partial charge in [-0.1, -0.05) is 29.4 Å². The Morgan fingerprint density at radius 1 is 1.31 bits per heavy atom. The van der Waals surface area contributed by atoms with Crippen LogP contribution in [0.3, 0.4) is 0 Å². The number of amides is 2. The standard InChI is InChI=1S/C18H15ClN2O3S2/c1-26(24)13-4-2-3-12(10-13)20-17(23)18-8-7-16(22)21(18)14-9-11(19)5-6-15(14)25-18/h2-6,9-10H,7-8H2,1H3,(H,20,23). The van der Waals surface area contributed by atoms with Crippen LogP contribution in [0.4, 0.5) is 11.4 Å². The molecule has 0 radical (unpaired) electrons. The molecule has 1 fully saturated rings. The zero-order valence-corrected chi connectivity index (χ0v) is 16.2. The molecule has 8 heteroatoms. The summed E-state index contributed by atoms with van der Waals surface area (Å²) in [6.45, 7) is 0. The van der Waals surface area contributed by atoms with Crippen molar-refractivity contribution in [1.82, 2.24) is 0 Å². The number of rotatable bonds is 3. The van der Waals surface area contributed by atoms with Crippen molar-refractivity contribution in [1.29, 1.82) is 0 Å². The lowest BCUT2D eigenvalue weighted by Crippen LogP contribution is -2.49. The van der Waals surface area contributed by atoms with Crippen molar-refractivity contribution in [3.63, 3.8) is 0 Å². The average molecular weight is 407 g/mol. The summed E-state index contributed by atoms with van der Waals surface area (Å²) in [5, 5.41) is 3.42. The SMILES string of the molecule is CS(=O)c1cccc(NC(=O)C23CCC(=O)N2c2cc(Cl)ccc2S3)c1. The lowest BCUT2D eigenvalue weighted by Gasteiger charge is -2.29. The Bertz CT molecular complexity index is 965. The lowest BCUT2D eigenvalue weighted by atomic mass is 10.1. The van der Waals surface area contributed by atoms with E-state index in [4.69, 9.17) is 11.6 Å². The summed E-state index contributed by atoms with van der Waals surface area (Å²) in [5.41, 5.74) is 1.24. The molecule has 2 heterocycles. The fourth-order valence-electron chi connectivity index (χ4n) is 3.30. The van der Waals surface area contributed by atoms with E-state index in [1.807, 2.05) is 6.07 Å². The number of benzene rings is 2. The maximum absolute atomic E-state index is 13.2. The maximum atomic E-state index is 13.2. The van der Waals surface area contributed by atoms with E-state index in [9.17, 15) is 13.8 Å². The van der Waals surface area contributed by atoms with Crippen LogP contribution in [0.2, 0.25) is 5.02 Å². The Balaban J connectivity index is 1.68. The van der Waals surface area contributed by atoms with Gasteiger partial charge in [-0.3, -0.25) is 18.7 Å². The fraction of sp³-hybridized carbons (Fsp3) is 0.222. The summed E-state index contributed by atoms with van der Waals surface area (Å²) in [5.74, 6) is -0.350. The van der Waals surface area contributed by atoms with E-state index in [0.29, 0.717) is 34.1 Å². The van der Waals surface area contributed by atoms with Gasteiger partial charge in [0.1, 0.15) is 0 Å². The number of fused-ring (bicyclic) bond motifs is 3. The summed E-state index contributed by atoms with van der Waals surface area (Å²) in [7, 11) is -1.14. The Hall–Kier alpha value is -1.83. The first-order valence-electron chi connectivity index (χ1n) is 7.97. The van der Waals surface area contributed by atoms with Crippen LogP contribution >= 0.6 is 23.4 Å². The molecular weight excluding hydrogens is 392 g/mol. The fourth-order valence-corrected chi connectivity index (χ4v) is 5.43. The molecule has 0 bridgehead atoms. The second kappa shape index (κ2) is 6.40. The monoisotopic (exact) mass is 406 g/mol. The van der Waals surface area contributed by atoms with Gasteiger partial charge in [-0.05, 0) is 42.8 Å². The second-order valence-corrected chi connectivity index (χ2v) is 9.30. The normalized spacial score (nSPS) is 22.1. The zero-order valence-electron chi connectivity index (χ0n) is 13.8. The van der Waals surface area contributed by atoms with Crippen LogP contribution in [0.25, 0.3) is 0 Å². The molecule has 2 aliphatic heterocycles. The highest BCUT2D eigenvalue weighted by molar-refractivity contribution is 8.02. The molecule has 2 aliphatic rings. The quantitative estimate of drug-likeness (QED) is 0.844. The minimum absolute atomic E-state index is 0.0860. The van der Waals surface area contributed by atoms with Crippen molar-refractivity contribution < 1.29 is 13.8 Å². The molecule has 0 aromatic heterocycles. The third-order valence-corrected chi connectivity index (χ3v) is 7.14. The van der Waals surface area contributed by atoms with Crippen molar-refractivity contribution in [3.8, 4) is 0 Å². The first-order valence-corrected chi connectivity index (χ1v) is 10.7. The summed E-state index contributed by atoms with van der Waals surface area (Å²) in [4.78, 5) is 27.7. The van der Waals surface area contributed by atoms with Gasteiger partial charge < -0.3 is 5.32 Å². The number of halogens is 1. The van der Waals surface area contributed by atoms with E-state index in [1.54, 1.807) is 47.6 Å². The van der Waals surface area contributed by atoms with Gasteiger partial charge in [0.25, 0.3) is 5.91 Å². The van der Waals surface area contributed by atoms with E-state index in [-0.39, 0.29) is 11.8 Å². The molecule has 2 amide bonds. The van der Waals surface area contributed by atoms with E-state index < -0.39 is 15.7 Å². The van der Waals surface area contributed by atoms with Gasteiger partial charge in [-0.25, -0.2) is 0 Å². The van der Waals surface area contributed by atoms with Gasteiger partial charge in [-0.2, -0.15) is 0 Å².